The highest BCUT2D eigenvalue weighted by atomic mass is 15.1. The molecule has 11 aromatic carbocycles. The van der Waals surface area contributed by atoms with Crippen LogP contribution in [0.15, 0.2) is 249 Å². The van der Waals surface area contributed by atoms with Crippen LogP contribution in [0.2, 0.25) is 0 Å². The van der Waals surface area contributed by atoms with Crippen molar-refractivity contribution in [1.29, 1.82) is 0 Å². The van der Waals surface area contributed by atoms with Gasteiger partial charge in [0.15, 0.2) is 0 Å². The van der Waals surface area contributed by atoms with E-state index in [0.717, 1.165) is 17.1 Å². The fourth-order valence-electron chi connectivity index (χ4n) is 9.10. The minimum atomic E-state index is 1.09. The number of benzene rings is 11. The molecule has 0 radical (unpaired) electrons. The molecule has 0 fully saturated rings. The van der Waals surface area contributed by atoms with E-state index in [2.05, 4.69) is 254 Å². The molecule has 0 heterocycles. The van der Waals surface area contributed by atoms with E-state index in [1.807, 2.05) is 0 Å². The lowest BCUT2D eigenvalue weighted by atomic mass is 9.88. The Morgan fingerprint density at radius 3 is 1.28 bits per heavy atom. The van der Waals surface area contributed by atoms with Crippen LogP contribution in [-0.2, 0) is 0 Å². The molecule has 0 saturated carbocycles. The first-order chi connectivity index (χ1) is 30.3. The number of nitrogens with zero attached hydrogens (tertiary/aromatic N) is 1. The van der Waals surface area contributed by atoms with Gasteiger partial charge in [-0.25, -0.2) is 0 Å². The molecular formula is C60H41N. The topological polar surface area (TPSA) is 3.24 Å². The third-order valence-electron chi connectivity index (χ3n) is 12.0. The highest BCUT2D eigenvalue weighted by molar-refractivity contribution is 6.22. The molecular weight excluding hydrogens is 735 g/mol. The maximum Gasteiger partial charge on any atom is 0.0624 e. The van der Waals surface area contributed by atoms with Gasteiger partial charge in [0.05, 0.1) is 5.69 Å². The first kappa shape index (κ1) is 36.1. The fourth-order valence-corrected chi connectivity index (χ4v) is 9.10. The molecule has 61 heavy (non-hydrogen) atoms. The van der Waals surface area contributed by atoms with E-state index in [-0.39, 0.29) is 0 Å². The summed E-state index contributed by atoms with van der Waals surface area (Å²) in [5.41, 5.74) is 15.4. The standard InChI is InChI=1S/C60H41N/c1-5-17-42(18-6-1)46-29-30-48-40-50(32-31-47(48)39-46)59-56-27-15-13-25-54(56)55-26-14-16-28-57(55)60(59)61(51-23-11-4-12-24-51)52-36-33-43(34-37-52)49-35-38-53(44-19-7-2-8-20-44)58(41-49)45-21-9-3-10-22-45/h1-41H. The lowest BCUT2D eigenvalue weighted by Gasteiger charge is -2.31. The Kier molecular flexibility index (Phi) is 9.26. The van der Waals surface area contributed by atoms with Crippen LogP contribution in [0, 0.1) is 0 Å². The molecule has 0 N–H and O–H groups in total. The lowest BCUT2D eigenvalue weighted by molar-refractivity contribution is 1.30. The van der Waals surface area contributed by atoms with Crippen molar-refractivity contribution in [3.8, 4) is 55.6 Å². The predicted octanol–water partition coefficient (Wildman–Crippen LogP) is 17.0. The highest BCUT2D eigenvalue weighted by Crippen LogP contribution is 2.50. The second-order valence-electron chi connectivity index (χ2n) is 15.7. The van der Waals surface area contributed by atoms with Gasteiger partial charge in [-0.3, -0.25) is 0 Å². The van der Waals surface area contributed by atoms with Gasteiger partial charge in [0, 0.05) is 22.3 Å². The summed E-state index contributed by atoms with van der Waals surface area (Å²) in [5, 5.41) is 7.33. The van der Waals surface area contributed by atoms with Crippen LogP contribution in [0.3, 0.4) is 0 Å². The first-order valence-electron chi connectivity index (χ1n) is 21.0. The highest BCUT2D eigenvalue weighted by Gasteiger charge is 2.24. The van der Waals surface area contributed by atoms with E-state index >= 15 is 0 Å². The zero-order chi connectivity index (χ0) is 40.5. The Bertz CT molecular complexity index is 3320. The summed E-state index contributed by atoms with van der Waals surface area (Å²) in [7, 11) is 0. The van der Waals surface area contributed by atoms with Crippen molar-refractivity contribution in [2.75, 3.05) is 4.90 Å². The largest absolute Gasteiger partial charge is 0.309 e. The van der Waals surface area contributed by atoms with Gasteiger partial charge in [-0.1, -0.05) is 206 Å². The zero-order valence-electron chi connectivity index (χ0n) is 33.6. The normalized spacial score (nSPS) is 11.3. The molecule has 286 valence electrons. The van der Waals surface area contributed by atoms with Crippen molar-refractivity contribution in [2.45, 2.75) is 0 Å². The van der Waals surface area contributed by atoms with Crippen molar-refractivity contribution < 1.29 is 0 Å². The molecule has 0 amide bonds. The average molecular weight is 776 g/mol. The predicted molar refractivity (Wildman–Crippen MR) is 261 cm³/mol. The summed E-state index contributed by atoms with van der Waals surface area (Å²) in [6.45, 7) is 0. The van der Waals surface area contributed by atoms with Gasteiger partial charge in [0.2, 0.25) is 0 Å². The van der Waals surface area contributed by atoms with Crippen LogP contribution >= 0.6 is 0 Å². The van der Waals surface area contributed by atoms with Crippen molar-refractivity contribution in [3.05, 3.63) is 249 Å². The Balaban J connectivity index is 1.09. The average Bonchev–Trinajstić information content (AvgIpc) is 3.35. The van der Waals surface area contributed by atoms with Gasteiger partial charge in [-0.15, -0.1) is 0 Å². The Morgan fingerprint density at radius 2 is 0.639 bits per heavy atom. The molecule has 11 aromatic rings. The van der Waals surface area contributed by atoms with Crippen LogP contribution in [0.4, 0.5) is 17.1 Å². The van der Waals surface area contributed by atoms with Gasteiger partial charge in [-0.05, 0) is 119 Å². The number of hydrogen-bond donors (Lipinski definition) is 0. The van der Waals surface area contributed by atoms with Crippen molar-refractivity contribution in [2.24, 2.45) is 0 Å². The third kappa shape index (κ3) is 6.73. The number of anilines is 3. The van der Waals surface area contributed by atoms with E-state index in [1.54, 1.807) is 0 Å². The SMILES string of the molecule is c1ccc(-c2ccc3cc(-c4c(N(c5ccccc5)c5ccc(-c6ccc(-c7ccccc7)c(-c7ccccc7)c6)cc5)c5ccccc5c5ccccc45)ccc3c2)cc1. The Labute approximate surface area is 357 Å². The molecule has 1 nitrogen and oxygen atoms in total. The maximum atomic E-state index is 2.46. The van der Waals surface area contributed by atoms with Gasteiger partial charge in [-0.2, -0.15) is 0 Å². The lowest BCUT2D eigenvalue weighted by Crippen LogP contribution is -2.12. The molecule has 0 aliphatic rings. The molecule has 11 rings (SSSR count). The van der Waals surface area contributed by atoms with Crippen LogP contribution in [0.1, 0.15) is 0 Å². The zero-order valence-corrected chi connectivity index (χ0v) is 33.6. The third-order valence-corrected chi connectivity index (χ3v) is 12.0. The fraction of sp³-hybridized carbons (Fsp3) is 0. The maximum absolute atomic E-state index is 2.46. The van der Waals surface area contributed by atoms with E-state index in [9.17, 15) is 0 Å². The van der Waals surface area contributed by atoms with Crippen LogP contribution in [-0.4, -0.2) is 0 Å². The van der Waals surface area contributed by atoms with Crippen molar-refractivity contribution >= 4 is 49.4 Å². The van der Waals surface area contributed by atoms with Gasteiger partial charge < -0.3 is 4.90 Å². The first-order valence-corrected chi connectivity index (χ1v) is 21.0. The van der Waals surface area contributed by atoms with E-state index in [1.165, 1.54) is 88.0 Å². The number of fused-ring (bicyclic) bond motifs is 4. The number of para-hydroxylation sites is 1. The summed E-state index contributed by atoms with van der Waals surface area (Å²) in [6, 6.07) is 90.5. The molecule has 0 aromatic heterocycles. The summed E-state index contributed by atoms with van der Waals surface area (Å²) in [6.07, 6.45) is 0. The monoisotopic (exact) mass is 775 g/mol. The number of rotatable bonds is 8. The summed E-state index contributed by atoms with van der Waals surface area (Å²) in [4.78, 5) is 2.46. The van der Waals surface area contributed by atoms with Crippen LogP contribution < -0.4 is 4.90 Å². The minimum Gasteiger partial charge on any atom is -0.309 e. The Hall–Kier alpha value is -8.00. The van der Waals surface area contributed by atoms with E-state index < -0.39 is 0 Å². The van der Waals surface area contributed by atoms with Crippen molar-refractivity contribution in [1.82, 2.24) is 0 Å². The van der Waals surface area contributed by atoms with Crippen LogP contribution in [0.25, 0.3) is 88.0 Å². The van der Waals surface area contributed by atoms with E-state index in [0.29, 0.717) is 0 Å². The quantitative estimate of drug-likeness (QED) is 0.139. The summed E-state index contributed by atoms with van der Waals surface area (Å²) < 4.78 is 0. The summed E-state index contributed by atoms with van der Waals surface area (Å²) in [5.74, 6) is 0. The number of hydrogen-bond acceptors (Lipinski definition) is 1. The van der Waals surface area contributed by atoms with Gasteiger partial charge in [0.1, 0.15) is 0 Å². The molecule has 1 heteroatoms. The second-order valence-corrected chi connectivity index (χ2v) is 15.7. The molecule has 0 aliphatic carbocycles. The van der Waals surface area contributed by atoms with Gasteiger partial charge >= 0.3 is 0 Å². The van der Waals surface area contributed by atoms with Gasteiger partial charge in [0.25, 0.3) is 0 Å². The smallest absolute Gasteiger partial charge is 0.0624 e. The molecule has 0 aliphatic heterocycles. The Morgan fingerprint density at radius 1 is 0.230 bits per heavy atom. The minimum absolute atomic E-state index is 1.09. The van der Waals surface area contributed by atoms with E-state index in [4.69, 9.17) is 0 Å². The van der Waals surface area contributed by atoms with Crippen LogP contribution in [0.5, 0.6) is 0 Å². The molecule has 0 unspecified atom stereocenters. The molecule has 0 saturated heterocycles. The summed E-state index contributed by atoms with van der Waals surface area (Å²) >= 11 is 0. The molecule has 0 bridgehead atoms. The molecule has 0 spiro atoms. The second kappa shape index (κ2) is 15.6. The molecule has 0 atom stereocenters. The van der Waals surface area contributed by atoms with Crippen molar-refractivity contribution in [3.63, 3.8) is 0 Å².